The quantitative estimate of drug-likeness (QED) is 0.450. The number of aryl methyl sites for hydroxylation is 1. The number of methoxy groups -OCH3 is 1. The van der Waals surface area contributed by atoms with Crippen molar-refractivity contribution in [2.24, 2.45) is 11.8 Å². The van der Waals surface area contributed by atoms with Gasteiger partial charge in [0.25, 0.3) is 5.91 Å². The number of amides is 1. The number of anilines is 1. The number of nitrogens with zero attached hydrogens (tertiary/aromatic N) is 1. The Labute approximate surface area is 259 Å². The summed E-state index contributed by atoms with van der Waals surface area (Å²) in [6.07, 6.45) is 7.74. The zero-order valence-electron chi connectivity index (χ0n) is 24.8. The lowest BCUT2D eigenvalue weighted by Gasteiger charge is -2.45. The summed E-state index contributed by atoms with van der Waals surface area (Å²) in [6.45, 7) is 3.63. The van der Waals surface area contributed by atoms with E-state index in [1.54, 1.807) is 31.2 Å². The highest BCUT2D eigenvalue weighted by Crippen LogP contribution is 2.46. The van der Waals surface area contributed by atoms with Crippen molar-refractivity contribution in [1.82, 2.24) is 4.72 Å². The van der Waals surface area contributed by atoms with Crippen molar-refractivity contribution in [1.29, 1.82) is 0 Å². The summed E-state index contributed by atoms with van der Waals surface area (Å²) in [5.41, 5.74) is 3.25. The Bertz CT molecular complexity index is 1510. The van der Waals surface area contributed by atoms with Crippen molar-refractivity contribution in [2.75, 3.05) is 31.7 Å². The molecule has 0 aromatic heterocycles. The topological polar surface area (TPSA) is 105 Å². The summed E-state index contributed by atoms with van der Waals surface area (Å²) in [7, 11) is -2.59. The molecule has 8 nitrogen and oxygen atoms in total. The van der Waals surface area contributed by atoms with Gasteiger partial charge in [-0.2, -0.15) is 0 Å². The number of rotatable bonds is 2. The average Bonchev–Trinajstić information content (AvgIpc) is 3.10. The zero-order chi connectivity index (χ0) is 30.4. The molecule has 0 radical (unpaired) electrons. The van der Waals surface area contributed by atoms with Gasteiger partial charge in [-0.1, -0.05) is 36.7 Å². The molecule has 1 amide bonds. The lowest BCUT2D eigenvalue weighted by atomic mass is 9.68. The van der Waals surface area contributed by atoms with E-state index in [9.17, 15) is 18.3 Å². The van der Waals surface area contributed by atoms with Gasteiger partial charge in [-0.15, -0.1) is 0 Å². The molecule has 2 aromatic rings. The maximum absolute atomic E-state index is 13.5. The number of fused-ring (bicyclic) bond motifs is 4. The molecule has 2 heterocycles. The van der Waals surface area contributed by atoms with Crippen molar-refractivity contribution >= 4 is 33.2 Å². The second-order valence-electron chi connectivity index (χ2n) is 12.6. The summed E-state index contributed by atoms with van der Waals surface area (Å²) >= 11 is 6.39. The molecule has 2 N–H and O–H groups in total. The van der Waals surface area contributed by atoms with Crippen LogP contribution in [-0.4, -0.2) is 63.7 Å². The van der Waals surface area contributed by atoms with Crippen LogP contribution in [0.25, 0.3) is 0 Å². The van der Waals surface area contributed by atoms with E-state index in [1.165, 1.54) is 18.2 Å². The van der Waals surface area contributed by atoms with Crippen molar-refractivity contribution in [2.45, 2.75) is 74.7 Å². The van der Waals surface area contributed by atoms with E-state index >= 15 is 0 Å². The molecule has 3 unspecified atom stereocenters. The lowest BCUT2D eigenvalue weighted by molar-refractivity contribution is 0.0451. The molecule has 43 heavy (non-hydrogen) atoms. The first kappa shape index (κ1) is 30.4. The van der Waals surface area contributed by atoms with Gasteiger partial charge in [-0.05, 0) is 98.2 Å². The molecule has 2 aliphatic carbocycles. The predicted octanol–water partition coefficient (Wildman–Crippen LogP) is 5.01. The largest absolute Gasteiger partial charge is 0.490 e. The highest BCUT2D eigenvalue weighted by Gasteiger charge is 2.44. The summed E-state index contributed by atoms with van der Waals surface area (Å²) in [5.74, 6) is 0.333. The molecule has 4 aliphatic rings. The Balaban J connectivity index is 1.42. The molecular weight excluding hydrogens is 588 g/mol. The van der Waals surface area contributed by atoms with Crippen LogP contribution in [0.5, 0.6) is 5.75 Å². The van der Waals surface area contributed by atoms with Crippen LogP contribution >= 0.6 is 11.6 Å². The van der Waals surface area contributed by atoms with Crippen LogP contribution in [0.2, 0.25) is 5.02 Å². The number of hydrogen-bond acceptors (Lipinski definition) is 7. The Kier molecular flexibility index (Phi) is 8.54. The van der Waals surface area contributed by atoms with Crippen LogP contribution in [0.1, 0.15) is 66.9 Å². The SMILES string of the molecule is CC[C@H]1[C@@H](OC)C/C=C/C(O)C2CCC2CN2C[C@@]3(CCCc4cc(Cl)ccc43)COc3ccc(cc32)C(=O)NS1(=O)=O. The van der Waals surface area contributed by atoms with Gasteiger partial charge < -0.3 is 19.5 Å². The van der Waals surface area contributed by atoms with Crippen LogP contribution in [-0.2, 0) is 26.6 Å². The fourth-order valence-electron chi connectivity index (χ4n) is 7.65. The third-order valence-corrected chi connectivity index (χ3v) is 12.3. The van der Waals surface area contributed by atoms with Crippen molar-refractivity contribution in [3.05, 3.63) is 70.3 Å². The Morgan fingerprint density at radius 2 is 2.05 bits per heavy atom. The van der Waals surface area contributed by atoms with E-state index in [0.717, 1.165) is 42.8 Å². The van der Waals surface area contributed by atoms with Gasteiger partial charge in [0.2, 0.25) is 10.0 Å². The van der Waals surface area contributed by atoms with E-state index in [0.29, 0.717) is 31.9 Å². The standard InChI is InChI=1S/C33H41ClN2O6S/c1-3-31-30(41-2)8-4-7-28(37)25-12-9-23(25)18-36-19-33(15-5-6-21-16-24(34)11-13-26(21)33)20-42-29-14-10-22(17-27(29)36)32(38)35-43(31,39)40/h4,7,10-11,13-14,16-17,23,25,28,30-31,37H,3,5-6,8-9,12,15,18-20H2,1-2H3,(H,35,38)/b7-4+/t23?,25?,28?,30-,31-,33-/m0/s1. The number of carbonyl (C=O) groups is 1. The van der Waals surface area contributed by atoms with E-state index in [1.807, 2.05) is 12.1 Å². The highest BCUT2D eigenvalue weighted by atomic mass is 35.5. The van der Waals surface area contributed by atoms with Crippen LogP contribution in [0.4, 0.5) is 5.69 Å². The summed E-state index contributed by atoms with van der Waals surface area (Å²) in [5, 5.41) is 11.0. The molecule has 1 saturated carbocycles. The van der Waals surface area contributed by atoms with Crippen LogP contribution in [0.15, 0.2) is 48.6 Å². The molecule has 6 rings (SSSR count). The van der Waals surface area contributed by atoms with E-state index in [2.05, 4.69) is 21.8 Å². The maximum atomic E-state index is 13.5. The number of carbonyl (C=O) groups excluding carboxylic acids is 1. The van der Waals surface area contributed by atoms with E-state index < -0.39 is 33.4 Å². The van der Waals surface area contributed by atoms with Crippen LogP contribution < -0.4 is 14.4 Å². The first-order chi connectivity index (χ1) is 20.6. The average molecular weight is 629 g/mol. The van der Waals surface area contributed by atoms with Gasteiger partial charge in [0.05, 0.1) is 24.5 Å². The van der Waals surface area contributed by atoms with Gasteiger partial charge >= 0.3 is 0 Å². The Morgan fingerprint density at radius 1 is 1.21 bits per heavy atom. The maximum Gasteiger partial charge on any atom is 0.264 e. The smallest absolute Gasteiger partial charge is 0.264 e. The number of hydrogen-bond donors (Lipinski definition) is 2. The van der Waals surface area contributed by atoms with Crippen LogP contribution in [0, 0.1) is 11.8 Å². The number of halogens is 1. The number of aliphatic hydroxyl groups excluding tert-OH is 1. The minimum absolute atomic E-state index is 0.0864. The first-order valence-corrected chi connectivity index (χ1v) is 17.3. The van der Waals surface area contributed by atoms with Crippen molar-refractivity contribution in [3.63, 3.8) is 0 Å². The van der Waals surface area contributed by atoms with Crippen molar-refractivity contribution < 1.29 is 27.8 Å². The third kappa shape index (κ3) is 5.81. The molecule has 2 aromatic carbocycles. The number of sulfonamides is 1. The third-order valence-electron chi connectivity index (χ3n) is 10.1. The number of ether oxygens (including phenoxy) is 2. The molecule has 2 aliphatic heterocycles. The molecule has 1 fully saturated rings. The molecule has 10 heteroatoms. The van der Waals surface area contributed by atoms with Gasteiger partial charge in [0, 0.05) is 36.2 Å². The Morgan fingerprint density at radius 3 is 2.79 bits per heavy atom. The first-order valence-electron chi connectivity index (χ1n) is 15.4. The number of benzene rings is 2. The molecule has 1 spiro atoms. The Hall–Kier alpha value is -2.59. The fraction of sp³-hybridized carbons (Fsp3) is 0.545. The van der Waals surface area contributed by atoms with Gasteiger partial charge in [-0.25, -0.2) is 13.1 Å². The summed E-state index contributed by atoms with van der Waals surface area (Å²) < 4.78 is 41.3. The van der Waals surface area contributed by atoms with Gasteiger partial charge in [0.1, 0.15) is 11.0 Å². The monoisotopic (exact) mass is 628 g/mol. The van der Waals surface area contributed by atoms with E-state index in [-0.39, 0.29) is 29.2 Å². The summed E-state index contributed by atoms with van der Waals surface area (Å²) in [4.78, 5) is 15.8. The second kappa shape index (κ2) is 12.1. The highest BCUT2D eigenvalue weighted by molar-refractivity contribution is 7.90. The zero-order valence-corrected chi connectivity index (χ0v) is 26.4. The fourth-order valence-corrected chi connectivity index (χ4v) is 9.43. The minimum atomic E-state index is -4.06. The van der Waals surface area contributed by atoms with Crippen LogP contribution in [0.3, 0.4) is 0 Å². The molecule has 232 valence electrons. The van der Waals surface area contributed by atoms with Crippen molar-refractivity contribution in [3.8, 4) is 5.75 Å². The normalized spacial score (nSPS) is 32.8. The molecule has 2 bridgehead atoms. The minimum Gasteiger partial charge on any atom is -0.490 e. The number of nitrogens with one attached hydrogen (secondary N) is 1. The van der Waals surface area contributed by atoms with Gasteiger partial charge in [-0.3, -0.25) is 4.79 Å². The molecular formula is C33H41ClN2O6S. The molecule has 6 atom stereocenters. The second-order valence-corrected chi connectivity index (χ2v) is 15.0. The molecule has 0 saturated heterocycles. The lowest BCUT2D eigenvalue weighted by Crippen LogP contribution is -2.49. The summed E-state index contributed by atoms with van der Waals surface area (Å²) in [6, 6.07) is 11.3. The number of aliphatic hydroxyl groups is 1. The van der Waals surface area contributed by atoms with Gasteiger partial charge in [0.15, 0.2) is 0 Å². The predicted molar refractivity (Wildman–Crippen MR) is 167 cm³/mol. The van der Waals surface area contributed by atoms with E-state index in [4.69, 9.17) is 21.1 Å².